The van der Waals surface area contributed by atoms with Crippen LogP contribution in [0.15, 0.2) is 54.9 Å². The van der Waals surface area contributed by atoms with Crippen molar-refractivity contribution in [3.8, 4) is 11.3 Å². The maximum atomic E-state index is 13.5. The van der Waals surface area contributed by atoms with Gasteiger partial charge in [0.15, 0.2) is 5.82 Å². The first-order valence-corrected chi connectivity index (χ1v) is 10.2. The second-order valence-corrected chi connectivity index (χ2v) is 7.88. The molecule has 4 heterocycles. The van der Waals surface area contributed by atoms with Crippen molar-refractivity contribution in [2.24, 2.45) is 0 Å². The normalized spacial score (nSPS) is 13.4. The predicted octanol–water partition coefficient (Wildman–Crippen LogP) is 3.35. The molecule has 0 unspecified atom stereocenters. The molecule has 32 heavy (non-hydrogen) atoms. The third-order valence-electron chi connectivity index (χ3n) is 5.89. The number of rotatable bonds is 4. The number of pyridine rings is 1. The summed E-state index contributed by atoms with van der Waals surface area (Å²) in [5.41, 5.74) is 10.8. The maximum Gasteiger partial charge on any atom is 0.254 e. The van der Waals surface area contributed by atoms with Crippen molar-refractivity contribution in [2.75, 3.05) is 12.3 Å². The number of benzene rings is 2. The summed E-state index contributed by atoms with van der Waals surface area (Å²) in [6.07, 6.45) is 3.63. The molecule has 3 N–H and O–H groups in total. The minimum atomic E-state index is -0.400. The molecule has 1 aliphatic rings. The fourth-order valence-corrected chi connectivity index (χ4v) is 4.28. The highest BCUT2D eigenvalue weighted by Gasteiger charge is 2.27. The topological polar surface area (TPSA) is 106 Å². The first-order chi connectivity index (χ1) is 15.6. The Morgan fingerprint density at radius 1 is 1.09 bits per heavy atom. The molecule has 0 aliphatic carbocycles. The van der Waals surface area contributed by atoms with E-state index in [9.17, 15) is 9.18 Å². The van der Waals surface area contributed by atoms with Crippen molar-refractivity contribution >= 4 is 33.5 Å². The molecule has 6 rings (SSSR count). The summed E-state index contributed by atoms with van der Waals surface area (Å²) in [7, 11) is 0. The van der Waals surface area contributed by atoms with Crippen LogP contribution in [0, 0.1) is 5.82 Å². The fourth-order valence-electron chi connectivity index (χ4n) is 4.28. The fraction of sp³-hybridized carbons (Fsp3) is 0.130. The Bertz CT molecular complexity index is 1510. The number of fused-ring (bicyclic) bond motifs is 4. The summed E-state index contributed by atoms with van der Waals surface area (Å²) in [6, 6.07) is 12.2. The van der Waals surface area contributed by atoms with Crippen LogP contribution >= 0.6 is 0 Å². The minimum Gasteiger partial charge on any atom is -0.382 e. The highest BCUT2D eigenvalue weighted by atomic mass is 19.1. The number of anilines is 1. The van der Waals surface area contributed by atoms with Crippen molar-refractivity contribution in [1.82, 2.24) is 29.9 Å². The molecule has 5 aromatic rings. The van der Waals surface area contributed by atoms with Crippen LogP contribution in [0.3, 0.4) is 0 Å². The Morgan fingerprint density at radius 2 is 2.00 bits per heavy atom. The van der Waals surface area contributed by atoms with Gasteiger partial charge < -0.3 is 10.6 Å². The monoisotopic (exact) mass is 427 g/mol. The van der Waals surface area contributed by atoms with Crippen LogP contribution in [0.2, 0.25) is 0 Å². The van der Waals surface area contributed by atoms with Crippen molar-refractivity contribution in [3.63, 3.8) is 0 Å². The Balaban J connectivity index is 1.29. The average Bonchev–Trinajstić information content (AvgIpc) is 3.52. The summed E-state index contributed by atoms with van der Waals surface area (Å²) in [5, 5.41) is 13.4. The van der Waals surface area contributed by atoms with Crippen LogP contribution in [0.25, 0.3) is 33.1 Å². The number of halogens is 1. The van der Waals surface area contributed by atoms with E-state index in [0.29, 0.717) is 36.5 Å². The number of nitrogens with zero attached hydrogens (tertiary/aromatic N) is 5. The van der Waals surface area contributed by atoms with Crippen molar-refractivity contribution in [1.29, 1.82) is 0 Å². The summed E-state index contributed by atoms with van der Waals surface area (Å²) in [5.74, 6) is -0.204. The number of carbonyl (C=O) groups is 1. The zero-order valence-corrected chi connectivity index (χ0v) is 16.9. The van der Waals surface area contributed by atoms with Gasteiger partial charge in [0, 0.05) is 47.4 Å². The number of nitrogens with two attached hydrogens (primary N) is 1. The van der Waals surface area contributed by atoms with E-state index in [1.807, 2.05) is 30.5 Å². The molecule has 0 bridgehead atoms. The molecule has 0 spiro atoms. The minimum absolute atomic E-state index is 0.158. The quantitative estimate of drug-likeness (QED) is 0.458. The van der Waals surface area contributed by atoms with Gasteiger partial charge in [-0.15, -0.1) is 0 Å². The number of aromatic amines is 1. The third-order valence-corrected chi connectivity index (χ3v) is 5.89. The lowest BCUT2D eigenvalue weighted by Gasteiger charge is -2.15. The highest BCUT2D eigenvalue weighted by Crippen LogP contribution is 2.30. The van der Waals surface area contributed by atoms with Crippen LogP contribution in [0.4, 0.5) is 10.2 Å². The molecule has 2 aromatic carbocycles. The SMILES string of the molecule is Nc1nc2cc(-c3ccn[nH]3)ccc2c2cn(CCN3Cc4ccc(F)cc4C3=O)nc12. The molecule has 0 radical (unpaired) electrons. The molecular formula is C23H18FN7O. The molecule has 0 saturated carbocycles. The van der Waals surface area contributed by atoms with Gasteiger partial charge in [-0.2, -0.15) is 10.2 Å². The van der Waals surface area contributed by atoms with Crippen LogP contribution in [-0.2, 0) is 13.1 Å². The molecule has 0 atom stereocenters. The second-order valence-electron chi connectivity index (χ2n) is 7.88. The predicted molar refractivity (Wildman–Crippen MR) is 118 cm³/mol. The second kappa shape index (κ2) is 6.88. The zero-order valence-electron chi connectivity index (χ0n) is 16.9. The van der Waals surface area contributed by atoms with E-state index in [2.05, 4.69) is 20.3 Å². The molecule has 1 aliphatic heterocycles. The van der Waals surface area contributed by atoms with E-state index in [-0.39, 0.29) is 5.91 Å². The largest absolute Gasteiger partial charge is 0.382 e. The van der Waals surface area contributed by atoms with Crippen LogP contribution in [0.5, 0.6) is 0 Å². The maximum absolute atomic E-state index is 13.5. The van der Waals surface area contributed by atoms with Gasteiger partial charge in [0.25, 0.3) is 5.91 Å². The highest BCUT2D eigenvalue weighted by molar-refractivity contribution is 6.08. The number of nitrogens with one attached hydrogen (secondary N) is 1. The first kappa shape index (κ1) is 18.5. The van der Waals surface area contributed by atoms with Crippen LogP contribution < -0.4 is 5.73 Å². The average molecular weight is 427 g/mol. The summed E-state index contributed by atoms with van der Waals surface area (Å²) in [6.45, 7) is 1.42. The summed E-state index contributed by atoms with van der Waals surface area (Å²) < 4.78 is 15.3. The van der Waals surface area contributed by atoms with E-state index in [4.69, 9.17) is 5.73 Å². The lowest BCUT2D eigenvalue weighted by molar-refractivity contribution is 0.0771. The van der Waals surface area contributed by atoms with Gasteiger partial charge in [-0.05, 0) is 29.8 Å². The van der Waals surface area contributed by atoms with Crippen molar-refractivity contribution < 1.29 is 9.18 Å². The van der Waals surface area contributed by atoms with Gasteiger partial charge in [0.05, 0.1) is 17.8 Å². The van der Waals surface area contributed by atoms with E-state index < -0.39 is 5.82 Å². The van der Waals surface area contributed by atoms with Gasteiger partial charge in [-0.1, -0.05) is 18.2 Å². The van der Waals surface area contributed by atoms with E-state index in [1.165, 1.54) is 12.1 Å². The number of aromatic nitrogens is 5. The number of hydrogen-bond donors (Lipinski definition) is 2. The molecule has 0 saturated heterocycles. The molecule has 8 nitrogen and oxygen atoms in total. The number of nitrogen functional groups attached to an aromatic ring is 1. The zero-order chi connectivity index (χ0) is 21.8. The van der Waals surface area contributed by atoms with E-state index in [1.54, 1.807) is 21.8 Å². The molecular weight excluding hydrogens is 409 g/mol. The number of hydrogen-bond acceptors (Lipinski definition) is 5. The number of amides is 1. The first-order valence-electron chi connectivity index (χ1n) is 10.2. The van der Waals surface area contributed by atoms with Gasteiger partial charge in [0.2, 0.25) is 0 Å². The molecule has 9 heteroatoms. The van der Waals surface area contributed by atoms with Gasteiger partial charge >= 0.3 is 0 Å². The molecule has 1 amide bonds. The van der Waals surface area contributed by atoms with Crippen LogP contribution in [0.1, 0.15) is 15.9 Å². The van der Waals surface area contributed by atoms with Gasteiger partial charge in [-0.25, -0.2) is 9.37 Å². The van der Waals surface area contributed by atoms with E-state index >= 15 is 0 Å². The van der Waals surface area contributed by atoms with Crippen molar-refractivity contribution in [3.05, 3.63) is 71.8 Å². The van der Waals surface area contributed by atoms with Gasteiger partial charge in [-0.3, -0.25) is 14.6 Å². The number of carbonyl (C=O) groups excluding carboxylic acids is 1. The van der Waals surface area contributed by atoms with E-state index in [0.717, 1.165) is 33.1 Å². The lowest BCUT2D eigenvalue weighted by atomic mass is 10.1. The Hall–Kier alpha value is -4.27. The summed E-state index contributed by atoms with van der Waals surface area (Å²) in [4.78, 5) is 18.8. The molecule has 158 valence electrons. The van der Waals surface area contributed by atoms with Gasteiger partial charge in [0.1, 0.15) is 11.3 Å². The molecule has 3 aromatic heterocycles. The summed E-state index contributed by atoms with van der Waals surface area (Å²) >= 11 is 0. The Kier molecular flexibility index (Phi) is 3.97. The Morgan fingerprint density at radius 3 is 2.84 bits per heavy atom. The third kappa shape index (κ3) is 2.89. The standard InChI is InChI=1S/C23H18FN7O/c24-15-3-1-14-11-30(23(32)17(14)10-15)7-8-31-12-18-16-4-2-13(19-5-6-26-28-19)9-20(16)27-22(25)21(18)29-31/h1-6,9-10,12H,7-8,11H2,(H2,25,27)(H,26,28). The van der Waals surface area contributed by atoms with Crippen molar-refractivity contribution in [2.45, 2.75) is 13.1 Å². The molecule has 0 fully saturated rings. The number of H-pyrrole nitrogens is 1. The smallest absolute Gasteiger partial charge is 0.254 e. The van der Waals surface area contributed by atoms with Crippen LogP contribution in [-0.4, -0.2) is 42.3 Å². The Labute approximate surface area is 181 Å². The lowest BCUT2D eigenvalue weighted by Crippen LogP contribution is -2.28.